The number of unbranched alkanes of at least 4 members (excludes halogenated alkanes) is 3. The molecule has 0 unspecified atom stereocenters. The molecular weight excluding hydrogens is 515 g/mol. The summed E-state index contributed by atoms with van der Waals surface area (Å²) < 4.78 is 0. The van der Waals surface area contributed by atoms with E-state index in [2.05, 4.69) is 51.5 Å². The Balaban J connectivity index is 0.00000194. The zero-order valence-electron chi connectivity index (χ0n) is 21.9. The van der Waals surface area contributed by atoms with E-state index in [-0.39, 0.29) is 10.8 Å². The van der Waals surface area contributed by atoms with Gasteiger partial charge in [0, 0.05) is 36.6 Å². The molecular formula is C28H40Cl2N2O2Ti. The standard InChI is InChI=1S/C28H40N2O2.2ClH.Ti/c1-27(2,3)23-15-11-13-21(25(23)31)19-29-17-9-7-8-10-18-30-20-22-14-12-16-24(26(22)32)28(4,5)6;;;/h11-16,19-20,31-32H,7-10,17-18H2,1-6H3;2*1H;/q;;;+2/p-2. The Bertz CT molecular complexity index is 887. The van der Waals surface area contributed by atoms with Gasteiger partial charge in [0.15, 0.2) is 0 Å². The van der Waals surface area contributed by atoms with Crippen LogP contribution in [0.3, 0.4) is 0 Å². The van der Waals surface area contributed by atoms with Crippen LogP contribution in [0.25, 0.3) is 0 Å². The van der Waals surface area contributed by atoms with Gasteiger partial charge in [0.2, 0.25) is 0 Å². The molecule has 0 saturated heterocycles. The van der Waals surface area contributed by atoms with Gasteiger partial charge in [0.05, 0.1) is 0 Å². The van der Waals surface area contributed by atoms with E-state index in [1.165, 1.54) is 0 Å². The Morgan fingerprint density at radius 2 is 1.03 bits per heavy atom. The molecule has 2 N–H and O–H groups in total. The SMILES string of the molecule is CC(C)(C)c1cccc(C=NCCCCCCN=Cc2cccc(C(C)(C)C)c2O)c1O.[Cl][Ti][Cl]. The molecule has 0 radical (unpaired) electrons. The van der Waals surface area contributed by atoms with Crippen molar-refractivity contribution >= 4 is 31.0 Å². The van der Waals surface area contributed by atoms with Gasteiger partial charge in [-0.25, -0.2) is 0 Å². The van der Waals surface area contributed by atoms with Crippen LogP contribution in [0, 0.1) is 0 Å². The van der Waals surface area contributed by atoms with Gasteiger partial charge in [-0.3, -0.25) is 9.98 Å². The first-order chi connectivity index (χ1) is 16.4. The third kappa shape index (κ3) is 11.5. The van der Waals surface area contributed by atoms with Gasteiger partial charge >= 0.3 is 35.6 Å². The number of halogens is 2. The van der Waals surface area contributed by atoms with Crippen LogP contribution in [-0.2, 0) is 27.9 Å². The number of phenols is 2. The number of nitrogens with zero attached hydrogens (tertiary/aromatic N) is 2. The Hall–Kier alpha value is -1.33. The third-order valence-electron chi connectivity index (χ3n) is 5.54. The second kappa shape index (κ2) is 15.7. The van der Waals surface area contributed by atoms with Crippen LogP contribution in [0.1, 0.15) is 89.5 Å². The molecule has 0 atom stereocenters. The zero-order chi connectivity index (χ0) is 26.5. The predicted octanol–water partition coefficient (Wildman–Crippen LogP) is 8.17. The summed E-state index contributed by atoms with van der Waals surface area (Å²) in [6.45, 7) is 14.1. The van der Waals surface area contributed by atoms with Crippen LogP contribution in [0.15, 0.2) is 46.4 Å². The fraction of sp³-hybridized carbons (Fsp3) is 0.500. The first-order valence-electron chi connectivity index (χ1n) is 12.0. The number of para-hydroxylation sites is 2. The van der Waals surface area contributed by atoms with Crippen LogP contribution < -0.4 is 0 Å². The monoisotopic (exact) mass is 554 g/mol. The minimum absolute atomic E-state index is 0.0927. The molecule has 0 aromatic heterocycles. The van der Waals surface area contributed by atoms with Crippen molar-refractivity contribution in [1.29, 1.82) is 0 Å². The molecule has 0 spiro atoms. The summed E-state index contributed by atoms with van der Waals surface area (Å²) in [6.07, 6.45) is 7.82. The second-order valence-corrected chi connectivity index (χ2v) is 13.1. The van der Waals surface area contributed by atoms with Crippen molar-refractivity contribution in [3.63, 3.8) is 0 Å². The van der Waals surface area contributed by atoms with Gasteiger partial charge in [-0.1, -0.05) is 78.6 Å². The van der Waals surface area contributed by atoms with Crippen molar-refractivity contribution in [2.45, 2.75) is 78.1 Å². The van der Waals surface area contributed by atoms with Gasteiger partial charge in [0.25, 0.3) is 0 Å². The fourth-order valence-corrected chi connectivity index (χ4v) is 3.63. The number of hydrogen-bond acceptors (Lipinski definition) is 4. The van der Waals surface area contributed by atoms with Crippen LogP contribution in [0.2, 0.25) is 0 Å². The first kappa shape index (κ1) is 31.7. The Morgan fingerprint density at radius 3 is 1.34 bits per heavy atom. The number of rotatable bonds is 9. The molecule has 0 aliphatic rings. The van der Waals surface area contributed by atoms with Crippen molar-refractivity contribution in [2.24, 2.45) is 9.98 Å². The molecule has 0 bridgehead atoms. The molecule has 2 rings (SSSR count). The van der Waals surface area contributed by atoms with Gasteiger partial charge in [-0.2, -0.15) is 0 Å². The van der Waals surface area contributed by atoms with Crippen molar-refractivity contribution in [3.8, 4) is 11.5 Å². The van der Waals surface area contributed by atoms with E-state index in [1.807, 2.05) is 36.4 Å². The molecule has 7 heteroatoms. The summed E-state index contributed by atoms with van der Waals surface area (Å²) in [6, 6.07) is 11.7. The third-order valence-corrected chi connectivity index (χ3v) is 5.54. The zero-order valence-corrected chi connectivity index (χ0v) is 25.0. The number of aromatic hydroxyl groups is 2. The van der Waals surface area contributed by atoms with Gasteiger partial charge in [-0.15, -0.1) is 0 Å². The van der Waals surface area contributed by atoms with E-state index >= 15 is 0 Å². The first-order valence-corrected chi connectivity index (χ1v) is 16.3. The van der Waals surface area contributed by atoms with E-state index in [1.54, 1.807) is 12.4 Å². The summed E-state index contributed by atoms with van der Waals surface area (Å²) in [5.41, 5.74) is 3.27. The maximum absolute atomic E-state index is 10.5. The second-order valence-electron chi connectivity index (χ2n) is 10.5. The Morgan fingerprint density at radius 1 is 0.686 bits per heavy atom. The number of benzene rings is 2. The van der Waals surface area contributed by atoms with Crippen molar-refractivity contribution < 1.29 is 27.2 Å². The Labute approximate surface area is 228 Å². The van der Waals surface area contributed by atoms with Crippen LogP contribution in [-0.4, -0.2) is 35.7 Å². The van der Waals surface area contributed by atoms with Crippen LogP contribution in [0.5, 0.6) is 11.5 Å². The number of hydrogen-bond donors (Lipinski definition) is 2. The average Bonchev–Trinajstić information content (AvgIpc) is 2.76. The molecule has 0 heterocycles. The van der Waals surface area contributed by atoms with Crippen LogP contribution >= 0.6 is 18.6 Å². The molecule has 4 nitrogen and oxygen atoms in total. The molecule has 0 amide bonds. The van der Waals surface area contributed by atoms with Gasteiger partial charge in [-0.05, 0) is 46.9 Å². The minimum atomic E-state index is -0.556. The van der Waals surface area contributed by atoms with E-state index in [0.29, 0.717) is 11.5 Å². The predicted molar refractivity (Wildman–Crippen MR) is 149 cm³/mol. The van der Waals surface area contributed by atoms with E-state index in [0.717, 1.165) is 61.0 Å². The summed E-state index contributed by atoms with van der Waals surface area (Å²) in [5, 5.41) is 21.0. The summed E-state index contributed by atoms with van der Waals surface area (Å²) >= 11 is -0.556. The van der Waals surface area contributed by atoms with Crippen molar-refractivity contribution in [1.82, 2.24) is 0 Å². The average molecular weight is 555 g/mol. The molecule has 0 aliphatic heterocycles. The quantitative estimate of drug-likeness (QED) is 0.186. The van der Waals surface area contributed by atoms with Gasteiger partial charge < -0.3 is 10.2 Å². The van der Waals surface area contributed by atoms with Gasteiger partial charge in [0.1, 0.15) is 11.5 Å². The van der Waals surface area contributed by atoms with Crippen LogP contribution in [0.4, 0.5) is 0 Å². The summed E-state index contributed by atoms with van der Waals surface area (Å²) in [4.78, 5) is 8.99. The normalized spacial score (nSPS) is 12.1. The molecule has 0 aliphatic carbocycles. The van der Waals surface area contributed by atoms with Crippen molar-refractivity contribution in [2.75, 3.05) is 13.1 Å². The van der Waals surface area contributed by atoms with E-state index < -0.39 is 17.0 Å². The summed E-state index contributed by atoms with van der Waals surface area (Å²) in [7, 11) is 9.78. The number of phenolic OH excluding ortho intramolecular Hbond substituents is 2. The number of aliphatic imine (C=N–C) groups is 2. The molecule has 2 aromatic rings. The van der Waals surface area contributed by atoms with E-state index in [4.69, 9.17) is 18.6 Å². The van der Waals surface area contributed by atoms with E-state index in [9.17, 15) is 10.2 Å². The molecule has 35 heavy (non-hydrogen) atoms. The molecule has 192 valence electrons. The van der Waals surface area contributed by atoms with Crippen molar-refractivity contribution in [3.05, 3.63) is 58.7 Å². The molecule has 0 fully saturated rings. The summed E-state index contributed by atoms with van der Waals surface area (Å²) in [5.74, 6) is 0.668. The fourth-order valence-electron chi connectivity index (χ4n) is 3.63. The topological polar surface area (TPSA) is 65.2 Å². The Kier molecular flexibility index (Phi) is 14.2. The molecule has 0 saturated carbocycles. The maximum atomic E-state index is 10.5. The molecule has 2 aromatic carbocycles.